The second-order valence-electron chi connectivity index (χ2n) is 6.73. The van der Waals surface area contributed by atoms with E-state index < -0.39 is 0 Å². The maximum atomic E-state index is 11.2. The Morgan fingerprint density at radius 3 is 2.16 bits per heavy atom. The van der Waals surface area contributed by atoms with Crippen molar-refractivity contribution in [3.8, 4) is 11.1 Å². The number of nitrogens with one attached hydrogen (secondary N) is 1. The summed E-state index contributed by atoms with van der Waals surface area (Å²) < 4.78 is 4.83. The summed E-state index contributed by atoms with van der Waals surface area (Å²) in [6, 6.07) is 19.0. The van der Waals surface area contributed by atoms with Crippen LogP contribution in [0.1, 0.15) is 38.7 Å². The quantitative estimate of drug-likeness (QED) is 0.465. The predicted octanol–water partition coefficient (Wildman–Crippen LogP) is 3.94. The topological polar surface area (TPSA) is 92.7 Å². The van der Waals surface area contributed by atoms with E-state index in [9.17, 15) is 14.4 Å². The minimum atomic E-state index is -0.246. The Labute approximate surface area is 185 Å². The zero-order chi connectivity index (χ0) is 23.5. The van der Waals surface area contributed by atoms with Gasteiger partial charge < -0.3 is 20.0 Å². The molecule has 6 nitrogen and oxygen atoms in total. The van der Waals surface area contributed by atoms with Gasteiger partial charge in [0.15, 0.2) is 0 Å². The molecule has 2 aromatic carbocycles. The zero-order valence-corrected chi connectivity index (χ0v) is 19.0. The van der Waals surface area contributed by atoms with Gasteiger partial charge in [0, 0.05) is 26.5 Å². The number of aliphatic hydroxyl groups excluding tert-OH is 1. The molecule has 0 bridgehead atoms. The summed E-state index contributed by atoms with van der Waals surface area (Å²) in [7, 11) is 1.00. The van der Waals surface area contributed by atoms with Crippen LogP contribution in [0, 0.1) is 12.8 Å². The third kappa shape index (κ3) is 13.0. The number of carbonyl (C=O) groups is 3. The van der Waals surface area contributed by atoms with Crippen LogP contribution in [0.25, 0.3) is 11.1 Å². The molecule has 0 aliphatic carbocycles. The van der Waals surface area contributed by atoms with Crippen molar-refractivity contribution in [3.63, 3.8) is 0 Å². The van der Waals surface area contributed by atoms with Crippen molar-refractivity contribution in [2.75, 3.05) is 20.3 Å². The smallest absolute Gasteiger partial charge is 0.308 e. The average molecular weight is 430 g/mol. The highest BCUT2D eigenvalue weighted by Crippen LogP contribution is 2.18. The summed E-state index contributed by atoms with van der Waals surface area (Å²) in [6.45, 7) is 6.42. The molecule has 0 spiro atoms. The van der Waals surface area contributed by atoms with E-state index in [0.717, 1.165) is 7.11 Å². The van der Waals surface area contributed by atoms with E-state index in [1.807, 2.05) is 6.07 Å². The number of carbonyl (C=O) groups excluding carboxylic acids is 3. The molecule has 2 N–H and O–H groups in total. The minimum absolute atomic E-state index is 0.164. The van der Waals surface area contributed by atoms with Crippen LogP contribution in [-0.2, 0) is 19.1 Å². The van der Waals surface area contributed by atoms with E-state index in [1.54, 1.807) is 13.8 Å². The van der Waals surface area contributed by atoms with Crippen LogP contribution in [0.4, 0.5) is 0 Å². The van der Waals surface area contributed by atoms with Crippen LogP contribution in [0.15, 0.2) is 54.6 Å². The van der Waals surface area contributed by atoms with Crippen LogP contribution in [-0.4, -0.2) is 43.5 Å². The number of rotatable bonds is 9. The highest BCUT2D eigenvalue weighted by molar-refractivity contribution is 5.78. The summed E-state index contributed by atoms with van der Waals surface area (Å²) in [5, 5.41) is 9.64. The largest absolute Gasteiger partial charge is 0.466 e. The summed E-state index contributed by atoms with van der Waals surface area (Å²) in [6.07, 6.45) is 1.70. The Morgan fingerprint density at radius 2 is 1.61 bits per heavy atom. The third-order valence-electron chi connectivity index (χ3n) is 4.24. The molecule has 0 aliphatic rings. The normalized spacial score (nSPS) is 10.4. The molecule has 0 aromatic heterocycles. The highest BCUT2D eigenvalue weighted by atomic mass is 16.5. The van der Waals surface area contributed by atoms with Gasteiger partial charge in [0.2, 0.25) is 5.91 Å². The van der Waals surface area contributed by atoms with Crippen molar-refractivity contribution in [2.45, 2.75) is 40.0 Å². The summed E-state index contributed by atoms with van der Waals surface area (Å²) >= 11 is 0. The molecule has 0 saturated carbocycles. The Bertz CT molecular complexity index is 744. The van der Waals surface area contributed by atoms with Gasteiger partial charge in [-0.15, -0.1) is 0 Å². The molecule has 1 unspecified atom stereocenters. The number of aliphatic hydroxyl groups is 1. The van der Waals surface area contributed by atoms with Crippen LogP contribution in [0.3, 0.4) is 0 Å². The maximum absolute atomic E-state index is 11.2. The van der Waals surface area contributed by atoms with Crippen molar-refractivity contribution in [2.24, 2.45) is 5.92 Å². The van der Waals surface area contributed by atoms with Crippen molar-refractivity contribution in [1.29, 1.82) is 0 Å². The molecule has 170 valence electrons. The minimum Gasteiger partial charge on any atom is -0.466 e. The monoisotopic (exact) mass is 429 g/mol. The molecule has 1 atom stereocenters. The van der Waals surface area contributed by atoms with Crippen molar-refractivity contribution < 1.29 is 24.2 Å². The number of aryl methyl sites for hydroxylation is 1. The summed E-state index contributed by atoms with van der Waals surface area (Å²) in [5.41, 5.74) is 3.87. The fourth-order valence-electron chi connectivity index (χ4n) is 2.49. The first-order chi connectivity index (χ1) is 15.0. The average Bonchev–Trinajstić information content (AvgIpc) is 2.80. The van der Waals surface area contributed by atoms with Crippen molar-refractivity contribution in [1.82, 2.24) is 5.32 Å². The number of benzene rings is 2. The highest BCUT2D eigenvalue weighted by Gasteiger charge is 2.13. The number of ether oxygens (including phenoxy) is 1. The molecule has 0 aliphatic heterocycles. The molecule has 1 amide bonds. The zero-order valence-electron chi connectivity index (χ0n) is 19.0. The first kappa shape index (κ1) is 28.0. The molecule has 2 aromatic rings. The molecule has 6 heteroatoms. The van der Waals surface area contributed by atoms with Gasteiger partial charge in [0.1, 0.15) is 6.29 Å². The van der Waals surface area contributed by atoms with E-state index in [-0.39, 0.29) is 30.6 Å². The van der Waals surface area contributed by atoms with E-state index in [1.165, 1.54) is 16.7 Å². The van der Waals surface area contributed by atoms with Crippen LogP contribution in [0.2, 0.25) is 0 Å². The van der Waals surface area contributed by atoms with Gasteiger partial charge in [0.25, 0.3) is 0 Å². The van der Waals surface area contributed by atoms with E-state index in [4.69, 9.17) is 9.84 Å². The van der Waals surface area contributed by atoms with E-state index in [0.29, 0.717) is 25.9 Å². The maximum Gasteiger partial charge on any atom is 0.308 e. The Balaban J connectivity index is 0.000000544. The van der Waals surface area contributed by atoms with Crippen LogP contribution >= 0.6 is 0 Å². The SMILES string of the molecule is CCOC(=O)C(C)CCNC(=O)CCC=O.CO.Cc1ccc(-c2ccccc2)cc1. The summed E-state index contributed by atoms with van der Waals surface area (Å²) in [5.74, 6) is -0.626. The fraction of sp³-hybridized carbons (Fsp3) is 0.400. The van der Waals surface area contributed by atoms with Gasteiger partial charge in [0.05, 0.1) is 12.5 Å². The standard InChI is InChI=1S/C13H12.C11H19NO4.CH4O/c1-11-7-9-13(10-8-11)12-5-3-2-4-6-12;1-3-16-11(15)9(2)6-7-12-10(14)5-4-8-13;1-2/h2-10H,1H3;8-9H,3-7H2,1-2H3,(H,12,14);2H,1H3. The molecular weight excluding hydrogens is 394 g/mol. The first-order valence-corrected chi connectivity index (χ1v) is 10.4. The van der Waals surface area contributed by atoms with Gasteiger partial charge in [-0.2, -0.15) is 0 Å². The number of esters is 1. The van der Waals surface area contributed by atoms with E-state index in [2.05, 4.69) is 60.8 Å². The first-order valence-electron chi connectivity index (χ1n) is 10.4. The predicted molar refractivity (Wildman–Crippen MR) is 123 cm³/mol. The van der Waals surface area contributed by atoms with Gasteiger partial charge >= 0.3 is 5.97 Å². The number of aldehydes is 1. The third-order valence-corrected chi connectivity index (χ3v) is 4.24. The lowest BCUT2D eigenvalue weighted by atomic mass is 10.0. The lowest BCUT2D eigenvalue weighted by Gasteiger charge is -2.10. The number of amides is 1. The molecule has 0 radical (unpaired) electrons. The van der Waals surface area contributed by atoms with Gasteiger partial charge in [-0.25, -0.2) is 0 Å². The van der Waals surface area contributed by atoms with Crippen LogP contribution < -0.4 is 5.32 Å². The molecule has 2 rings (SSSR count). The van der Waals surface area contributed by atoms with E-state index >= 15 is 0 Å². The molecule has 0 fully saturated rings. The molecule has 0 saturated heterocycles. The van der Waals surface area contributed by atoms with Crippen molar-refractivity contribution >= 4 is 18.2 Å². The Hall–Kier alpha value is -2.99. The van der Waals surface area contributed by atoms with Gasteiger partial charge in [-0.1, -0.05) is 67.1 Å². The Kier molecular flexibility index (Phi) is 16.1. The lowest BCUT2D eigenvalue weighted by molar-refractivity contribution is -0.147. The van der Waals surface area contributed by atoms with Crippen LogP contribution in [0.5, 0.6) is 0 Å². The second kappa shape index (κ2) is 17.8. The Morgan fingerprint density at radius 1 is 1.03 bits per heavy atom. The number of hydrogen-bond acceptors (Lipinski definition) is 5. The molecule has 0 heterocycles. The molecular formula is C25H35NO5. The molecule has 31 heavy (non-hydrogen) atoms. The van der Waals surface area contributed by atoms with Gasteiger partial charge in [-0.05, 0) is 31.4 Å². The lowest BCUT2D eigenvalue weighted by Crippen LogP contribution is -2.27. The second-order valence-corrected chi connectivity index (χ2v) is 6.73. The van der Waals surface area contributed by atoms with Gasteiger partial charge in [-0.3, -0.25) is 9.59 Å². The summed E-state index contributed by atoms with van der Waals surface area (Å²) in [4.78, 5) is 32.3. The fourth-order valence-corrected chi connectivity index (χ4v) is 2.49. The number of hydrogen-bond donors (Lipinski definition) is 2. The van der Waals surface area contributed by atoms with Crippen molar-refractivity contribution in [3.05, 3.63) is 60.2 Å².